The Morgan fingerprint density at radius 1 is 1.52 bits per heavy atom. The highest BCUT2D eigenvalue weighted by molar-refractivity contribution is 9.10. The number of hydrogen-bond donors (Lipinski definition) is 1. The highest BCUT2D eigenvalue weighted by Crippen LogP contribution is 2.30. The summed E-state index contributed by atoms with van der Waals surface area (Å²) < 4.78 is 15.2. The summed E-state index contributed by atoms with van der Waals surface area (Å²) in [7, 11) is 0. The summed E-state index contributed by atoms with van der Waals surface area (Å²) in [5.41, 5.74) is 0.618. The van der Waals surface area contributed by atoms with Gasteiger partial charge in [0.15, 0.2) is 5.82 Å². The lowest BCUT2D eigenvalue weighted by Gasteiger charge is -2.16. The Morgan fingerprint density at radius 2 is 2.29 bits per heavy atom. The van der Waals surface area contributed by atoms with Crippen LogP contribution in [-0.2, 0) is 4.79 Å². The summed E-state index contributed by atoms with van der Waals surface area (Å²) in [5.74, 6) is -0.866. The van der Waals surface area contributed by atoms with Gasteiger partial charge in [-0.25, -0.2) is 9.07 Å². The molecule has 112 valence electrons. The fraction of sp³-hybridized carbons (Fsp3) is 0.385. The predicted molar refractivity (Wildman–Crippen MR) is 77.1 cm³/mol. The number of carboxylic acid groups (broad SMARTS) is 1. The quantitative estimate of drug-likeness (QED) is 0.859. The number of aromatic nitrogens is 4. The van der Waals surface area contributed by atoms with Crippen LogP contribution >= 0.6 is 15.9 Å². The van der Waals surface area contributed by atoms with Crippen molar-refractivity contribution in [1.82, 2.24) is 20.2 Å². The lowest BCUT2D eigenvalue weighted by Crippen LogP contribution is -2.16. The van der Waals surface area contributed by atoms with Gasteiger partial charge in [0.1, 0.15) is 5.82 Å². The largest absolute Gasteiger partial charge is 0.481 e. The summed E-state index contributed by atoms with van der Waals surface area (Å²) in [6, 6.07) is 3.85. The zero-order chi connectivity index (χ0) is 15.4. The van der Waals surface area contributed by atoms with E-state index in [1.54, 1.807) is 6.07 Å². The average Bonchev–Trinajstić information content (AvgIpc) is 2.86. The van der Waals surface area contributed by atoms with E-state index in [4.69, 9.17) is 5.11 Å². The molecule has 1 unspecified atom stereocenters. The average molecular weight is 357 g/mol. The van der Waals surface area contributed by atoms with E-state index >= 15 is 0 Å². The molecule has 1 N–H and O–H groups in total. The fourth-order valence-corrected chi connectivity index (χ4v) is 2.66. The minimum absolute atomic E-state index is 0.0648. The third-order valence-electron chi connectivity index (χ3n) is 3.04. The number of carbonyl (C=O) groups is 1. The van der Waals surface area contributed by atoms with Crippen molar-refractivity contribution in [2.24, 2.45) is 0 Å². The molecule has 0 aliphatic carbocycles. The van der Waals surface area contributed by atoms with E-state index in [1.165, 1.54) is 16.8 Å². The standard InChI is InChI=1S/C13H14BrFN4O2/c1-2-3-9(7-12(20)21)19-13(16-17-18-19)10-5-4-8(15)6-11(10)14/h4-6,9H,2-3,7H2,1H3,(H,20,21). The van der Waals surface area contributed by atoms with E-state index in [0.717, 1.165) is 6.42 Å². The summed E-state index contributed by atoms with van der Waals surface area (Å²) >= 11 is 3.28. The van der Waals surface area contributed by atoms with Gasteiger partial charge in [-0.05, 0) is 51.0 Å². The molecule has 1 aromatic carbocycles. The normalized spacial score (nSPS) is 12.3. The van der Waals surface area contributed by atoms with Gasteiger partial charge in [0.2, 0.25) is 0 Å². The first-order valence-corrected chi connectivity index (χ1v) is 7.27. The predicted octanol–water partition coefficient (Wildman–Crippen LogP) is 3.06. The van der Waals surface area contributed by atoms with Crippen molar-refractivity contribution in [3.8, 4) is 11.4 Å². The summed E-state index contributed by atoms with van der Waals surface area (Å²) in [6.45, 7) is 1.96. The molecule has 0 amide bonds. The molecule has 0 fully saturated rings. The van der Waals surface area contributed by atoms with Crippen LogP contribution in [-0.4, -0.2) is 31.3 Å². The first-order valence-electron chi connectivity index (χ1n) is 6.48. The first kappa shape index (κ1) is 15.6. The number of halogens is 2. The third kappa shape index (κ3) is 3.63. The van der Waals surface area contributed by atoms with Gasteiger partial charge in [0.05, 0.1) is 12.5 Å². The molecule has 0 aliphatic heterocycles. The second kappa shape index (κ2) is 6.75. The molecular weight excluding hydrogens is 343 g/mol. The third-order valence-corrected chi connectivity index (χ3v) is 3.70. The molecule has 6 nitrogen and oxygen atoms in total. The van der Waals surface area contributed by atoms with Crippen LogP contribution in [0.25, 0.3) is 11.4 Å². The number of carboxylic acids is 1. The topological polar surface area (TPSA) is 80.9 Å². The molecule has 0 radical (unpaired) electrons. The molecule has 1 heterocycles. The number of aliphatic carboxylic acids is 1. The van der Waals surface area contributed by atoms with Crippen molar-refractivity contribution < 1.29 is 14.3 Å². The second-order valence-corrected chi connectivity index (χ2v) is 5.47. The molecule has 0 aliphatic rings. The van der Waals surface area contributed by atoms with Crippen LogP contribution in [0.15, 0.2) is 22.7 Å². The lowest BCUT2D eigenvalue weighted by molar-refractivity contribution is -0.138. The van der Waals surface area contributed by atoms with Gasteiger partial charge in [-0.2, -0.15) is 0 Å². The van der Waals surface area contributed by atoms with E-state index in [-0.39, 0.29) is 18.3 Å². The molecule has 0 spiro atoms. The second-order valence-electron chi connectivity index (χ2n) is 4.61. The molecule has 0 bridgehead atoms. The molecule has 2 aromatic rings. The van der Waals surface area contributed by atoms with E-state index in [9.17, 15) is 9.18 Å². The van der Waals surface area contributed by atoms with Gasteiger partial charge < -0.3 is 5.11 Å². The number of nitrogens with zero attached hydrogens (tertiary/aromatic N) is 4. The van der Waals surface area contributed by atoms with Gasteiger partial charge >= 0.3 is 5.97 Å². The maximum atomic E-state index is 13.2. The Balaban J connectivity index is 2.42. The number of benzene rings is 1. The van der Waals surface area contributed by atoms with E-state index in [0.29, 0.717) is 22.3 Å². The molecular formula is C13H14BrFN4O2. The zero-order valence-electron chi connectivity index (χ0n) is 11.3. The molecule has 1 aromatic heterocycles. The van der Waals surface area contributed by atoms with Crippen LogP contribution in [0.1, 0.15) is 32.2 Å². The Bertz CT molecular complexity index is 647. The Morgan fingerprint density at radius 3 is 2.90 bits per heavy atom. The Labute approximate surface area is 129 Å². The van der Waals surface area contributed by atoms with Crippen LogP contribution in [0, 0.1) is 5.82 Å². The lowest BCUT2D eigenvalue weighted by atomic mass is 10.1. The maximum absolute atomic E-state index is 13.2. The van der Waals surface area contributed by atoms with Crippen molar-refractivity contribution in [2.45, 2.75) is 32.2 Å². The Hall–Kier alpha value is -1.83. The van der Waals surface area contributed by atoms with Crippen molar-refractivity contribution in [3.05, 3.63) is 28.5 Å². The monoisotopic (exact) mass is 356 g/mol. The summed E-state index contributed by atoms with van der Waals surface area (Å²) in [4.78, 5) is 11.0. The molecule has 8 heteroatoms. The SMILES string of the molecule is CCCC(CC(=O)O)n1nnnc1-c1ccc(F)cc1Br. The van der Waals surface area contributed by atoms with Crippen LogP contribution in [0.2, 0.25) is 0 Å². The van der Waals surface area contributed by atoms with Gasteiger partial charge in [0.25, 0.3) is 0 Å². The minimum atomic E-state index is -0.909. The van der Waals surface area contributed by atoms with Gasteiger partial charge in [-0.1, -0.05) is 13.3 Å². The fourth-order valence-electron chi connectivity index (χ4n) is 2.13. The van der Waals surface area contributed by atoms with E-state index < -0.39 is 5.97 Å². The van der Waals surface area contributed by atoms with Crippen molar-refractivity contribution in [2.75, 3.05) is 0 Å². The smallest absolute Gasteiger partial charge is 0.305 e. The highest BCUT2D eigenvalue weighted by atomic mass is 79.9. The highest BCUT2D eigenvalue weighted by Gasteiger charge is 2.21. The van der Waals surface area contributed by atoms with Gasteiger partial charge in [-0.15, -0.1) is 5.10 Å². The summed E-state index contributed by atoms with van der Waals surface area (Å²) in [5, 5.41) is 20.5. The van der Waals surface area contributed by atoms with Crippen LogP contribution < -0.4 is 0 Å². The van der Waals surface area contributed by atoms with Gasteiger partial charge in [0, 0.05) is 10.0 Å². The minimum Gasteiger partial charge on any atom is -0.481 e. The van der Waals surface area contributed by atoms with Crippen LogP contribution in [0.5, 0.6) is 0 Å². The van der Waals surface area contributed by atoms with Crippen LogP contribution in [0.3, 0.4) is 0 Å². The first-order chi connectivity index (χ1) is 10.0. The number of tetrazole rings is 1. The summed E-state index contributed by atoms with van der Waals surface area (Å²) in [6.07, 6.45) is 1.38. The van der Waals surface area contributed by atoms with E-state index in [1.807, 2.05) is 6.92 Å². The number of rotatable bonds is 6. The molecule has 21 heavy (non-hydrogen) atoms. The van der Waals surface area contributed by atoms with Crippen LogP contribution in [0.4, 0.5) is 4.39 Å². The van der Waals surface area contributed by atoms with Crippen molar-refractivity contribution in [3.63, 3.8) is 0 Å². The molecule has 1 atom stereocenters. The van der Waals surface area contributed by atoms with Crippen molar-refractivity contribution in [1.29, 1.82) is 0 Å². The van der Waals surface area contributed by atoms with Crippen molar-refractivity contribution >= 4 is 21.9 Å². The maximum Gasteiger partial charge on any atom is 0.305 e. The van der Waals surface area contributed by atoms with Gasteiger partial charge in [-0.3, -0.25) is 4.79 Å². The zero-order valence-corrected chi connectivity index (χ0v) is 12.9. The molecule has 2 rings (SSSR count). The number of hydrogen-bond acceptors (Lipinski definition) is 4. The van der Waals surface area contributed by atoms with E-state index in [2.05, 4.69) is 31.5 Å². The molecule has 0 saturated carbocycles. The Kier molecular flexibility index (Phi) is 5.00. The molecule has 0 saturated heterocycles.